The molecule has 1 aromatic carbocycles. The molecule has 0 saturated carbocycles. The lowest BCUT2D eigenvalue weighted by Crippen LogP contribution is -2.44. The molecule has 25 heavy (non-hydrogen) atoms. The van der Waals surface area contributed by atoms with E-state index in [1.165, 1.54) is 5.56 Å². The van der Waals surface area contributed by atoms with Gasteiger partial charge < -0.3 is 19.6 Å². The average molecular weight is 346 g/mol. The molecule has 1 unspecified atom stereocenters. The van der Waals surface area contributed by atoms with Crippen molar-refractivity contribution < 1.29 is 14.6 Å². The highest BCUT2D eigenvalue weighted by Crippen LogP contribution is 2.30. The minimum Gasteiger partial charge on any atom is -0.497 e. The molecule has 0 spiro atoms. The van der Waals surface area contributed by atoms with Crippen molar-refractivity contribution in [3.63, 3.8) is 0 Å². The van der Waals surface area contributed by atoms with E-state index in [2.05, 4.69) is 17.0 Å². The number of hydrogen-bond donors (Lipinski definition) is 1. The van der Waals surface area contributed by atoms with Crippen LogP contribution in [0.3, 0.4) is 0 Å². The third kappa shape index (κ3) is 4.73. The normalized spacial score (nSPS) is 21.9. The molecule has 2 aliphatic heterocycles. The molecular weight excluding hydrogens is 316 g/mol. The van der Waals surface area contributed by atoms with E-state index in [1.807, 2.05) is 17.0 Å². The largest absolute Gasteiger partial charge is 0.497 e. The molecule has 1 amide bonds. The number of methoxy groups -OCH3 is 1. The Morgan fingerprint density at radius 2 is 1.76 bits per heavy atom. The smallest absolute Gasteiger partial charge is 0.209 e. The molecule has 0 aliphatic carbocycles. The van der Waals surface area contributed by atoms with Gasteiger partial charge in [-0.2, -0.15) is 0 Å². The monoisotopic (exact) mass is 346 g/mol. The van der Waals surface area contributed by atoms with Crippen molar-refractivity contribution in [2.75, 3.05) is 39.8 Å². The van der Waals surface area contributed by atoms with E-state index in [0.29, 0.717) is 11.8 Å². The topological polar surface area (TPSA) is 53.0 Å². The Morgan fingerprint density at radius 1 is 1.12 bits per heavy atom. The summed E-state index contributed by atoms with van der Waals surface area (Å²) in [6, 6.07) is 8.43. The molecule has 3 rings (SSSR count). The van der Waals surface area contributed by atoms with Crippen LogP contribution in [0, 0.1) is 5.92 Å². The quantitative estimate of drug-likeness (QED) is 0.802. The summed E-state index contributed by atoms with van der Waals surface area (Å²) in [6.45, 7) is 4.42. The van der Waals surface area contributed by atoms with Crippen molar-refractivity contribution in [3.05, 3.63) is 29.8 Å². The molecule has 1 atom stereocenters. The van der Waals surface area contributed by atoms with Crippen LogP contribution in [0.1, 0.15) is 37.2 Å². The second-order valence-electron chi connectivity index (χ2n) is 7.39. The highest BCUT2D eigenvalue weighted by atomic mass is 16.5. The summed E-state index contributed by atoms with van der Waals surface area (Å²) in [5.74, 6) is 1.84. The maximum absolute atomic E-state index is 10.8. The number of aliphatic hydroxyl groups is 1. The number of hydrogen-bond acceptors (Lipinski definition) is 4. The number of carbonyl (C=O) groups excluding carboxylic acids is 1. The molecule has 0 radical (unpaired) electrons. The lowest BCUT2D eigenvalue weighted by Gasteiger charge is -2.37. The number of nitrogens with zero attached hydrogens (tertiary/aromatic N) is 2. The van der Waals surface area contributed by atoms with Gasteiger partial charge in [-0.05, 0) is 68.3 Å². The molecule has 2 fully saturated rings. The lowest BCUT2D eigenvalue weighted by atomic mass is 9.88. The van der Waals surface area contributed by atoms with E-state index in [-0.39, 0.29) is 6.10 Å². The van der Waals surface area contributed by atoms with Crippen LogP contribution in [-0.2, 0) is 4.79 Å². The molecule has 0 bridgehead atoms. The van der Waals surface area contributed by atoms with Gasteiger partial charge in [0.2, 0.25) is 6.41 Å². The summed E-state index contributed by atoms with van der Waals surface area (Å²) in [6.07, 6.45) is 4.77. The second-order valence-corrected chi connectivity index (χ2v) is 7.39. The third-order valence-corrected chi connectivity index (χ3v) is 5.89. The minimum atomic E-state index is -0.272. The molecule has 2 saturated heterocycles. The van der Waals surface area contributed by atoms with Gasteiger partial charge in [-0.3, -0.25) is 4.79 Å². The van der Waals surface area contributed by atoms with Gasteiger partial charge in [0.05, 0.1) is 13.2 Å². The fourth-order valence-corrected chi connectivity index (χ4v) is 4.15. The van der Waals surface area contributed by atoms with Crippen LogP contribution in [0.25, 0.3) is 0 Å². The summed E-state index contributed by atoms with van der Waals surface area (Å²) in [4.78, 5) is 15.0. The van der Waals surface area contributed by atoms with Crippen LogP contribution < -0.4 is 4.74 Å². The first kappa shape index (κ1) is 18.2. The van der Waals surface area contributed by atoms with Gasteiger partial charge in [0, 0.05) is 19.6 Å². The minimum absolute atomic E-state index is 0.272. The number of amides is 1. The van der Waals surface area contributed by atoms with Crippen LogP contribution in [0.5, 0.6) is 5.75 Å². The highest BCUT2D eigenvalue weighted by molar-refractivity contribution is 5.47. The Hall–Kier alpha value is -1.59. The van der Waals surface area contributed by atoms with Gasteiger partial charge in [-0.25, -0.2) is 0 Å². The Labute approximate surface area is 150 Å². The van der Waals surface area contributed by atoms with Crippen molar-refractivity contribution in [2.45, 2.75) is 37.7 Å². The van der Waals surface area contributed by atoms with Gasteiger partial charge >= 0.3 is 0 Å². The van der Waals surface area contributed by atoms with E-state index >= 15 is 0 Å². The van der Waals surface area contributed by atoms with Crippen LogP contribution >= 0.6 is 0 Å². The first-order valence-corrected chi connectivity index (χ1v) is 9.43. The van der Waals surface area contributed by atoms with Gasteiger partial charge in [-0.1, -0.05) is 12.1 Å². The predicted molar refractivity (Wildman–Crippen MR) is 97.8 cm³/mol. The molecule has 5 heteroatoms. The molecule has 1 N–H and O–H groups in total. The summed E-state index contributed by atoms with van der Waals surface area (Å²) >= 11 is 0. The van der Waals surface area contributed by atoms with Gasteiger partial charge in [-0.15, -0.1) is 0 Å². The fourth-order valence-electron chi connectivity index (χ4n) is 4.15. The lowest BCUT2D eigenvalue weighted by molar-refractivity contribution is -0.120. The van der Waals surface area contributed by atoms with Crippen LogP contribution in [-0.4, -0.2) is 67.3 Å². The third-order valence-electron chi connectivity index (χ3n) is 5.89. The van der Waals surface area contributed by atoms with E-state index in [1.54, 1.807) is 7.11 Å². The van der Waals surface area contributed by atoms with E-state index < -0.39 is 0 Å². The highest BCUT2D eigenvalue weighted by Gasteiger charge is 2.28. The zero-order chi connectivity index (χ0) is 17.6. The number of β-amino-alcohol motifs (C(OH)–C–C–N with tert-alkyl or cyclic N) is 1. The van der Waals surface area contributed by atoms with Crippen molar-refractivity contribution in [2.24, 2.45) is 5.92 Å². The van der Waals surface area contributed by atoms with E-state index in [9.17, 15) is 9.90 Å². The fraction of sp³-hybridized carbons (Fsp3) is 0.650. The zero-order valence-electron chi connectivity index (χ0n) is 15.1. The summed E-state index contributed by atoms with van der Waals surface area (Å²) < 4.78 is 5.23. The number of aliphatic hydroxyl groups excluding tert-OH is 1. The van der Waals surface area contributed by atoms with Crippen molar-refractivity contribution >= 4 is 6.41 Å². The first-order chi connectivity index (χ1) is 12.2. The Kier molecular flexibility index (Phi) is 6.32. The number of ether oxygens (including phenoxy) is 1. The molecule has 2 aliphatic rings. The van der Waals surface area contributed by atoms with Gasteiger partial charge in [0.1, 0.15) is 5.75 Å². The molecular formula is C20H30N2O3. The number of likely N-dealkylation sites (tertiary alicyclic amines) is 2. The molecule has 0 aromatic heterocycles. The van der Waals surface area contributed by atoms with Crippen molar-refractivity contribution in [3.8, 4) is 5.75 Å². The number of piperidine rings is 2. The van der Waals surface area contributed by atoms with Gasteiger partial charge in [0.25, 0.3) is 0 Å². The Bertz CT molecular complexity index is 532. The number of rotatable bonds is 6. The zero-order valence-corrected chi connectivity index (χ0v) is 15.1. The average Bonchev–Trinajstić information content (AvgIpc) is 2.68. The van der Waals surface area contributed by atoms with E-state index in [4.69, 9.17) is 4.74 Å². The van der Waals surface area contributed by atoms with Gasteiger partial charge in [0.15, 0.2) is 0 Å². The number of carbonyl (C=O) groups is 1. The Balaban J connectivity index is 1.43. The second kappa shape index (κ2) is 8.68. The summed E-state index contributed by atoms with van der Waals surface area (Å²) in [5.41, 5.74) is 1.39. The van der Waals surface area contributed by atoms with Crippen LogP contribution in [0.2, 0.25) is 0 Å². The summed E-state index contributed by atoms with van der Waals surface area (Å²) in [7, 11) is 1.70. The van der Waals surface area contributed by atoms with Crippen LogP contribution in [0.4, 0.5) is 0 Å². The molecule has 138 valence electrons. The predicted octanol–water partition coefficient (Wildman–Crippen LogP) is 2.10. The standard InChI is InChI=1S/C20H30N2O3/c1-25-19-4-2-16(3-5-19)17-6-10-21(11-7-17)14-20(24)18-8-12-22(15-23)13-9-18/h2-5,15,17-18,20,24H,6-14H2,1H3. The molecule has 1 aromatic rings. The molecule has 5 nitrogen and oxygen atoms in total. The maximum atomic E-state index is 10.8. The molecule has 2 heterocycles. The Morgan fingerprint density at radius 3 is 2.32 bits per heavy atom. The first-order valence-electron chi connectivity index (χ1n) is 9.43. The summed E-state index contributed by atoms with van der Waals surface area (Å²) in [5, 5.41) is 10.6. The maximum Gasteiger partial charge on any atom is 0.209 e. The van der Waals surface area contributed by atoms with Crippen molar-refractivity contribution in [1.82, 2.24) is 9.80 Å². The van der Waals surface area contributed by atoms with Crippen LogP contribution in [0.15, 0.2) is 24.3 Å². The SMILES string of the molecule is COc1ccc(C2CCN(CC(O)C3CCN(C=O)CC3)CC2)cc1. The number of benzene rings is 1. The van der Waals surface area contributed by atoms with Crippen molar-refractivity contribution in [1.29, 1.82) is 0 Å². The van der Waals surface area contributed by atoms with E-state index in [0.717, 1.165) is 70.6 Å².